The third-order valence-electron chi connectivity index (χ3n) is 5.00. The number of para-hydroxylation sites is 2. The average Bonchev–Trinajstić information content (AvgIpc) is 2.83. The summed E-state index contributed by atoms with van der Waals surface area (Å²) in [4.78, 5) is 29.2. The van der Waals surface area contributed by atoms with Crippen molar-refractivity contribution in [2.75, 3.05) is 11.9 Å². The van der Waals surface area contributed by atoms with Crippen molar-refractivity contribution >= 4 is 22.6 Å². The molecule has 0 fully saturated rings. The van der Waals surface area contributed by atoms with Crippen LogP contribution in [0.15, 0.2) is 77.7 Å². The number of carbonyl (C=O) groups is 1. The summed E-state index contributed by atoms with van der Waals surface area (Å²) in [7, 11) is 0. The van der Waals surface area contributed by atoms with E-state index in [2.05, 4.69) is 10.3 Å². The smallest absolute Gasteiger partial charge is 0.416 e. The highest BCUT2D eigenvalue weighted by atomic mass is 19.4. The molecule has 180 valence electrons. The number of alkyl halides is 3. The predicted octanol–water partition coefficient (Wildman–Crippen LogP) is 5.25. The number of anilines is 1. The summed E-state index contributed by atoms with van der Waals surface area (Å²) in [6, 6.07) is 16.0. The van der Waals surface area contributed by atoms with Crippen LogP contribution in [0.3, 0.4) is 0 Å². The van der Waals surface area contributed by atoms with Gasteiger partial charge in [-0.2, -0.15) is 13.2 Å². The second-order valence-corrected chi connectivity index (χ2v) is 7.43. The lowest BCUT2D eigenvalue weighted by Gasteiger charge is -2.16. The Bertz CT molecular complexity index is 1420. The quantitative estimate of drug-likeness (QED) is 0.389. The van der Waals surface area contributed by atoms with Gasteiger partial charge >= 0.3 is 6.18 Å². The Kier molecular flexibility index (Phi) is 6.72. The summed E-state index contributed by atoms with van der Waals surface area (Å²) < 4.78 is 52.3. The molecular formula is C25H20F3N3O4. The maximum atomic E-state index is 13.3. The van der Waals surface area contributed by atoms with Gasteiger partial charge in [-0.05, 0) is 61.5 Å². The van der Waals surface area contributed by atoms with E-state index in [-0.39, 0.29) is 11.4 Å². The number of hydrogen-bond acceptors (Lipinski definition) is 5. The maximum Gasteiger partial charge on any atom is 0.416 e. The molecule has 0 atom stereocenters. The molecular weight excluding hydrogens is 463 g/mol. The van der Waals surface area contributed by atoms with Crippen LogP contribution in [0, 0.1) is 0 Å². The number of aromatic nitrogens is 2. The molecule has 35 heavy (non-hydrogen) atoms. The fraction of sp³-hybridized carbons (Fsp3) is 0.160. The van der Waals surface area contributed by atoms with E-state index in [0.29, 0.717) is 29.1 Å². The third kappa shape index (κ3) is 5.60. The van der Waals surface area contributed by atoms with Crippen molar-refractivity contribution in [3.63, 3.8) is 0 Å². The molecule has 0 aliphatic rings. The molecule has 0 aliphatic heterocycles. The summed E-state index contributed by atoms with van der Waals surface area (Å²) in [5, 5.41) is 2.45. The lowest BCUT2D eigenvalue weighted by Crippen LogP contribution is -2.28. The number of rotatable bonds is 7. The van der Waals surface area contributed by atoms with Gasteiger partial charge in [-0.1, -0.05) is 12.1 Å². The van der Waals surface area contributed by atoms with Gasteiger partial charge in [0.05, 0.1) is 35.1 Å². The molecule has 0 spiro atoms. The molecule has 0 bridgehead atoms. The summed E-state index contributed by atoms with van der Waals surface area (Å²) >= 11 is 0. The van der Waals surface area contributed by atoms with Gasteiger partial charge in [-0.15, -0.1) is 0 Å². The fourth-order valence-electron chi connectivity index (χ4n) is 3.40. The van der Waals surface area contributed by atoms with E-state index in [1.54, 1.807) is 48.5 Å². The number of fused-ring (bicyclic) bond motifs is 1. The first kappa shape index (κ1) is 23.8. The molecule has 0 aliphatic carbocycles. The number of hydrogen-bond donors (Lipinski definition) is 1. The van der Waals surface area contributed by atoms with Crippen LogP contribution in [0.2, 0.25) is 0 Å². The third-order valence-corrected chi connectivity index (χ3v) is 5.00. The highest BCUT2D eigenvalue weighted by molar-refractivity contribution is 5.93. The summed E-state index contributed by atoms with van der Waals surface area (Å²) in [5.74, 6) is 0.234. The Morgan fingerprint density at radius 2 is 1.74 bits per heavy atom. The molecule has 0 saturated heterocycles. The molecule has 3 aromatic carbocycles. The SMILES string of the molecule is CCOc1ccc(Oc2ccc(C(F)(F)F)cc2NC(=O)Cn2c(=O)cnc3ccccc32)cc1. The lowest BCUT2D eigenvalue weighted by molar-refractivity contribution is -0.137. The van der Waals surface area contributed by atoms with E-state index < -0.39 is 29.8 Å². The van der Waals surface area contributed by atoms with E-state index in [1.165, 1.54) is 4.57 Å². The zero-order valence-corrected chi connectivity index (χ0v) is 18.5. The van der Waals surface area contributed by atoms with Crippen LogP contribution in [0.1, 0.15) is 12.5 Å². The van der Waals surface area contributed by atoms with E-state index in [9.17, 15) is 22.8 Å². The van der Waals surface area contributed by atoms with Crippen LogP contribution in [0.25, 0.3) is 11.0 Å². The van der Waals surface area contributed by atoms with Crippen molar-refractivity contribution in [3.8, 4) is 17.2 Å². The van der Waals surface area contributed by atoms with Crippen LogP contribution in [0.4, 0.5) is 18.9 Å². The molecule has 4 aromatic rings. The Morgan fingerprint density at radius 3 is 2.46 bits per heavy atom. The fourth-order valence-corrected chi connectivity index (χ4v) is 3.40. The van der Waals surface area contributed by atoms with Crippen molar-refractivity contribution in [1.82, 2.24) is 9.55 Å². The topological polar surface area (TPSA) is 82.5 Å². The van der Waals surface area contributed by atoms with Gasteiger partial charge in [0, 0.05) is 0 Å². The largest absolute Gasteiger partial charge is 0.494 e. The zero-order chi connectivity index (χ0) is 25.0. The molecule has 7 nitrogen and oxygen atoms in total. The van der Waals surface area contributed by atoms with Crippen LogP contribution in [0.5, 0.6) is 17.2 Å². The number of nitrogens with zero attached hydrogens (tertiary/aromatic N) is 2. The van der Waals surface area contributed by atoms with Gasteiger partial charge in [0.1, 0.15) is 18.0 Å². The van der Waals surface area contributed by atoms with Crippen molar-refractivity contribution in [3.05, 3.63) is 88.8 Å². The second kappa shape index (κ2) is 9.88. The zero-order valence-electron chi connectivity index (χ0n) is 18.5. The average molecular weight is 483 g/mol. The molecule has 1 aromatic heterocycles. The van der Waals surface area contributed by atoms with Crippen LogP contribution < -0.4 is 20.3 Å². The van der Waals surface area contributed by atoms with Gasteiger partial charge in [0.25, 0.3) is 5.56 Å². The standard InChI is InChI=1S/C25H20F3N3O4/c1-2-34-17-8-10-18(11-9-17)35-22-12-7-16(25(26,27)28)13-20(22)30-23(32)15-31-21-6-4-3-5-19(21)29-14-24(31)33/h3-14H,2,15H2,1H3,(H,30,32). The first-order chi connectivity index (χ1) is 16.7. The van der Waals surface area contributed by atoms with Crippen LogP contribution in [-0.4, -0.2) is 22.1 Å². The van der Waals surface area contributed by atoms with Crippen molar-refractivity contribution in [2.24, 2.45) is 0 Å². The van der Waals surface area contributed by atoms with Gasteiger partial charge in [-0.3, -0.25) is 14.2 Å². The number of ether oxygens (including phenoxy) is 2. The molecule has 1 heterocycles. The van der Waals surface area contributed by atoms with E-state index in [0.717, 1.165) is 24.4 Å². The Balaban J connectivity index is 1.63. The Hall–Kier alpha value is -4.34. The van der Waals surface area contributed by atoms with Crippen molar-refractivity contribution in [2.45, 2.75) is 19.6 Å². The van der Waals surface area contributed by atoms with Gasteiger partial charge in [0.2, 0.25) is 5.91 Å². The molecule has 0 saturated carbocycles. The van der Waals surface area contributed by atoms with Crippen molar-refractivity contribution in [1.29, 1.82) is 0 Å². The molecule has 4 rings (SSSR count). The van der Waals surface area contributed by atoms with Crippen LogP contribution >= 0.6 is 0 Å². The predicted molar refractivity (Wildman–Crippen MR) is 124 cm³/mol. The summed E-state index contributed by atoms with van der Waals surface area (Å²) in [5.41, 5.74) is -0.749. The van der Waals surface area contributed by atoms with E-state index in [4.69, 9.17) is 9.47 Å². The minimum Gasteiger partial charge on any atom is -0.494 e. The van der Waals surface area contributed by atoms with Gasteiger partial charge in [-0.25, -0.2) is 4.98 Å². The first-order valence-corrected chi connectivity index (χ1v) is 10.6. The second-order valence-electron chi connectivity index (χ2n) is 7.43. The summed E-state index contributed by atoms with van der Waals surface area (Å²) in [6.07, 6.45) is -3.55. The minimum absolute atomic E-state index is 0.00226. The molecule has 1 N–H and O–H groups in total. The molecule has 1 amide bonds. The minimum atomic E-state index is -4.63. The lowest BCUT2D eigenvalue weighted by atomic mass is 10.1. The first-order valence-electron chi connectivity index (χ1n) is 10.6. The van der Waals surface area contributed by atoms with Crippen molar-refractivity contribution < 1.29 is 27.4 Å². The molecule has 0 unspecified atom stereocenters. The molecule has 10 heteroatoms. The summed E-state index contributed by atoms with van der Waals surface area (Å²) in [6.45, 7) is 1.89. The highest BCUT2D eigenvalue weighted by Crippen LogP contribution is 2.37. The monoisotopic (exact) mass is 483 g/mol. The Labute approximate surface area is 197 Å². The molecule has 0 radical (unpaired) electrons. The van der Waals surface area contributed by atoms with E-state index >= 15 is 0 Å². The van der Waals surface area contributed by atoms with Crippen LogP contribution in [-0.2, 0) is 17.5 Å². The Morgan fingerprint density at radius 1 is 1.03 bits per heavy atom. The number of nitrogens with one attached hydrogen (secondary N) is 1. The normalized spacial score (nSPS) is 11.3. The number of amides is 1. The van der Waals surface area contributed by atoms with E-state index in [1.807, 2.05) is 6.92 Å². The number of benzene rings is 3. The maximum absolute atomic E-state index is 13.3. The van der Waals surface area contributed by atoms with Gasteiger partial charge < -0.3 is 14.8 Å². The number of halogens is 3. The highest BCUT2D eigenvalue weighted by Gasteiger charge is 2.31. The van der Waals surface area contributed by atoms with Gasteiger partial charge in [0.15, 0.2) is 5.75 Å². The number of carbonyl (C=O) groups excluding carboxylic acids is 1.